The standard InChI is InChI=1S/C21H16ClN3O7/c1-31-12-5-3-4-11(9-12)23-20(29)17(26)15(18(27)21(30)32-2)16-19(28)25-14-8-10(22)6-7-13(14)24-16/h3-9,15H,1-2H3,(H,23,29)(H,25,28)/t15-/m1/s1. The molecule has 1 atom stereocenters. The first-order chi connectivity index (χ1) is 15.2. The van der Waals surface area contributed by atoms with Crippen molar-refractivity contribution in [3.63, 3.8) is 0 Å². The Bertz CT molecular complexity index is 1300. The van der Waals surface area contributed by atoms with E-state index in [9.17, 15) is 24.0 Å². The Balaban J connectivity index is 2.04. The van der Waals surface area contributed by atoms with Crippen molar-refractivity contribution in [3.05, 3.63) is 63.5 Å². The van der Waals surface area contributed by atoms with Gasteiger partial charge < -0.3 is 19.8 Å². The number of hydrogen-bond acceptors (Lipinski definition) is 8. The molecule has 0 bridgehead atoms. The van der Waals surface area contributed by atoms with Crippen LogP contribution in [-0.2, 0) is 23.9 Å². The number of rotatable bonds is 7. The van der Waals surface area contributed by atoms with Gasteiger partial charge in [-0.25, -0.2) is 9.78 Å². The van der Waals surface area contributed by atoms with Crippen molar-refractivity contribution in [2.75, 3.05) is 19.5 Å². The van der Waals surface area contributed by atoms with Crippen LogP contribution in [0.2, 0.25) is 5.02 Å². The fourth-order valence-electron chi connectivity index (χ4n) is 2.88. The number of nitrogens with one attached hydrogen (secondary N) is 2. The van der Waals surface area contributed by atoms with E-state index in [-0.39, 0.29) is 16.7 Å². The first-order valence-electron chi connectivity index (χ1n) is 9.06. The molecule has 0 spiro atoms. The number of ketones is 2. The maximum Gasteiger partial charge on any atom is 0.375 e. The molecule has 0 unspecified atom stereocenters. The summed E-state index contributed by atoms with van der Waals surface area (Å²) in [6.45, 7) is 0. The highest BCUT2D eigenvalue weighted by Crippen LogP contribution is 2.21. The van der Waals surface area contributed by atoms with Crippen molar-refractivity contribution >= 4 is 51.8 Å². The Morgan fingerprint density at radius 1 is 1.06 bits per heavy atom. The minimum absolute atomic E-state index is 0.188. The molecular weight excluding hydrogens is 442 g/mol. The number of fused-ring (bicyclic) bond motifs is 1. The fraction of sp³-hybridized carbons (Fsp3) is 0.143. The maximum atomic E-state index is 12.9. The molecule has 0 aliphatic heterocycles. The van der Waals surface area contributed by atoms with Crippen LogP contribution in [0.25, 0.3) is 11.0 Å². The second-order valence-corrected chi connectivity index (χ2v) is 6.89. The lowest BCUT2D eigenvalue weighted by molar-refractivity contribution is -0.154. The average Bonchev–Trinajstić information content (AvgIpc) is 2.78. The fourth-order valence-corrected chi connectivity index (χ4v) is 3.05. The van der Waals surface area contributed by atoms with Crippen molar-refractivity contribution < 1.29 is 28.7 Å². The zero-order chi connectivity index (χ0) is 23.4. The zero-order valence-electron chi connectivity index (χ0n) is 16.8. The first-order valence-corrected chi connectivity index (χ1v) is 9.43. The number of anilines is 1. The van der Waals surface area contributed by atoms with Crippen LogP contribution in [0.15, 0.2) is 47.3 Å². The Hall–Kier alpha value is -4.05. The molecule has 0 fully saturated rings. The molecule has 0 aliphatic carbocycles. The molecule has 3 aromatic rings. The number of ether oxygens (including phenoxy) is 2. The predicted octanol–water partition coefficient (Wildman–Crippen LogP) is 1.62. The Morgan fingerprint density at radius 2 is 1.81 bits per heavy atom. The lowest BCUT2D eigenvalue weighted by atomic mass is 9.94. The lowest BCUT2D eigenvalue weighted by Crippen LogP contribution is -2.39. The number of halogens is 1. The Labute approximate surface area is 185 Å². The van der Waals surface area contributed by atoms with Gasteiger partial charge in [0.15, 0.2) is 0 Å². The third-order valence-corrected chi connectivity index (χ3v) is 4.65. The zero-order valence-corrected chi connectivity index (χ0v) is 17.6. The maximum absolute atomic E-state index is 12.9. The SMILES string of the molecule is COC(=O)C(=O)[C@@H](C(=O)C(=O)Nc1cccc(OC)c1)c1nc2ccc(Cl)cc2[nH]c1=O. The summed E-state index contributed by atoms with van der Waals surface area (Å²) in [5.74, 6) is -7.13. The van der Waals surface area contributed by atoms with Gasteiger partial charge in [-0.3, -0.25) is 19.2 Å². The highest BCUT2D eigenvalue weighted by molar-refractivity contribution is 6.52. The summed E-state index contributed by atoms with van der Waals surface area (Å²) in [5.41, 5.74) is -0.941. The van der Waals surface area contributed by atoms with Crippen LogP contribution < -0.4 is 15.6 Å². The third-order valence-electron chi connectivity index (χ3n) is 4.42. The monoisotopic (exact) mass is 457 g/mol. The predicted molar refractivity (Wildman–Crippen MR) is 114 cm³/mol. The molecule has 10 nitrogen and oxygen atoms in total. The van der Waals surface area contributed by atoms with E-state index >= 15 is 0 Å². The molecule has 0 saturated heterocycles. The quantitative estimate of drug-likeness (QED) is 0.309. The van der Waals surface area contributed by atoms with Crippen LogP contribution in [0.1, 0.15) is 11.6 Å². The van der Waals surface area contributed by atoms with Gasteiger partial charge in [0.2, 0.25) is 5.78 Å². The summed E-state index contributed by atoms with van der Waals surface area (Å²) in [4.78, 5) is 69.1. The van der Waals surface area contributed by atoms with Gasteiger partial charge in [-0.1, -0.05) is 17.7 Å². The number of amides is 1. The number of hydrogen-bond donors (Lipinski definition) is 2. The second-order valence-electron chi connectivity index (χ2n) is 6.45. The van der Waals surface area contributed by atoms with E-state index in [2.05, 4.69) is 20.0 Å². The van der Waals surface area contributed by atoms with Gasteiger partial charge in [0.25, 0.3) is 17.2 Å². The van der Waals surface area contributed by atoms with Crippen molar-refractivity contribution in [1.82, 2.24) is 9.97 Å². The number of carbonyl (C=O) groups is 4. The lowest BCUT2D eigenvalue weighted by Gasteiger charge is -2.13. The summed E-state index contributed by atoms with van der Waals surface area (Å²) in [5, 5.41) is 2.63. The molecule has 11 heteroatoms. The highest BCUT2D eigenvalue weighted by Gasteiger charge is 2.40. The largest absolute Gasteiger partial charge is 0.497 e. The van der Waals surface area contributed by atoms with Crippen LogP contribution in [0, 0.1) is 0 Å². The molecule has 1 aromatic heterocycles. The second kappa shape index (κ2) is 9.40. The summed E-state index contributed by atoms with van der Waals surface area (Å²) in [6, 6.07) is 10.4. The summed E-state index contributed by atoms with van der Waals surface area (Å²) >= 11 is 5.89. The number of aromatic nitrogens is 2. The minimum atomic E-state index is -2.11. The molecular formula is C21H16ClN3O7. The number of nitrogens with zero attached hydrogens (tertiary/aromatic N) is 1. The van der Waals surface area contributed by atoms with E-state index in [1.165, 1.54) is 37.4 Å². The van der Waals surface area contributed by atoms with E-state index in [1.54, 1.807) is 12.1 Å². The van der Waals surface area contributed by atoms with E-state index < -0.39 is 40.6 Å². The smallest absolute Gasteiger partial charge is 0.375 e. The van der Waals surface area contributed by atoms with Gasteiger partial charge in [0, 0.05) is 16.8 Å². The number of H-pyrrole nitrogens is 1. The minimum Gasteiger partial charge on any atom is -0.497 e. The Morgan fingerprint density at radius 3 is 2.50 bits per heavy atom. The molecule has 0 radical (unpaired) electrons. The topological polar surface area (TPSA) is 145 Å². The molecule has 164 valence electrons. The van der Waals surface area contributed by atoms with Crippen molar-refractivity contribution in [2.45, 2.75) is 5.92 Å². The molecule has 2 aromatic carbocycles. The van der Waals surface area contributed by atoms with Crippen LogP contribution in [0.5, 0.6) is 5.75 Å². The van der Waals surface area contributed by atoms with Gasteiger partial charge in [0.1, 0.15) is 17.4 Å². The molecule has 1 amide bonds. The number of benzene rings is 2. The van der Waals surface area contributed by atoms with Gasteiger partial charge in [0.05, 0.1) is 25.3 Å². The van der Waals surface area contributed by atoms with Gasteiger partial charge in [-0.15, -0.1) is 0 Å². The number of carbonyl (C=O) groups excluding carboxylic acids is 4. The van der Waals surface area contributed by atoms with E-state index in [4.69, 9.17) is 16.3 Å². The van der Waals surface area contributed by atoms with Crippen LogP contribution in [-0.4, -0.2) is 47.6 Å². The number of esters is 1. The Kier molecular flexibility index (Phi) is 6.64. The van der Waals surface area contributed by atoms with Gasteiger partial charge >= 0.3 is 5.97 Å². The van der Waals surface area contributed by atoms with Crippen LogP contribution in [0.4, 0.5) is 5.69 Å². The van der Waals surface area contributed by atoms with Crippen molar-refractivity contribution in [1.29, 1.82) is 0 Å². The summed E-state index contributed by atoms with van der Waals surface area (Å²) in [6.07, 6.45) is 0. The van der Waals surface area contributed by atoms with Gasteiger partial charge in [-0.2, -0.15) is 0 Å². The first kappa shape index (κ1) is 22.6. The molecule has 0 saturated carbocycles. The number of Topliss-reactive ketones (excluding diaryl/α,β-unsaturated/α-hetero) is 2. The summed E-state index contributed by atoms with van der Waals surface area (Å²) < 4.78 is 9.44. The average molecular weight is 458 g/mol. The molecule has 1 heterocycles. The number of aromatic amines is 1. The molecule has 0 aliphatic rings. The van der Waals surface area contributed by atoms with Gasteiger partial charge in [-0.05, 0) is 30.3 Å². The molecule has 32 heavy (non-hydrogen) atoms. The summed E-state index contributed by atoms with van der Waals surface area (Å²) in [7, 11) is 2.35. The van der Waals surface area contributed by atoms with Crippen LogP contribution >= 0.6 is 11.6 Å². The third kappa shape index (κ3) is 4.65. The van der Waals surface area contributed by atoms with Crippen molar-refractivity contribution in [3.8, 4) is 5.75 Å². The van der Waals surface area contributed by atoms with E-state index in [0.29, 0.717) is 10.8 Å². The van der Waals surface area contributed by atoms with Crippen molar-refractivity contribution in [2.24, 2.45) is 0 Å². The van der Waals surface area contributed by atoms with Crippen LogP contribution in [0.3, 0.4) is 0 Å². The molecule has 3 rings (SSSR count). The van der Waals surface area contributed by atoms with E-state index in [1.807, 2.05) is 0 Å². The molecule has 2 N–H and O–H groups in total. The normalized spacial score (nSPS) is 11.5. The number of methoxy groups -OCH3 is 2. The highest BCUT2D eigenvalue weighted by atomic mass is 35.5. The van der Waals surface area contributed by atoms with E-state index in [0.717, 1.165) is 7.11 Å².